The Bertz CT molecular complexity index is 516. The van der Waals surface area contributed by atoms with Gasteiger partial charge in [0.2, 0.25) is 0 Å². The Labute approximate surface area is 109 Å². The van der Waals surface area contributed by atoms with Gasteiger partial charge in [0.1, 0.15) is 0 Å². The second kappa shape index (κ2) is 5.06. The molecular formula is C12H16BrN3O. The lowest BCUT2D eigenvalue weighted by atomic mass is 10.3. The van der Waals surface area contributed by atoms with Crippen LogP contribution in [-0.4, -0.2) is 19.5 Å². The van der Waals surface area contributed by atoms with Crippen LogP contribution in [0.2, 0.25) is 0 Å². The van der Waals surface area contributed by atoms with E-state index < -0.39 is 0 Å². The van der Waals surface area contributed by atoms with Gasteiger partial charge in [0.25, 0.3) is 0 Å². The second-order valence-electron chi connectivity index (χ2n) is 3.95. The first kappa shape index (κ1) is 12.4. The third-order valence-corrected chi connectivity index (χ3v) is 3.89. The highest BCUT2D eigenvalue weighted by atomic mass is 79.9. The summed E-state index contributed by atoms with van der Waals surface area (Å²) in [5.74, 6) is 0. The van der Waals surface area contributed by atoms with Gasteiger partial charge in [-0.25, -0.2) is 0 Å². The van der Waals surface area contributed by atoms with Crippen LogP contribution in [0, 0.1) is 6.92 Å². The van der Waals surface area contributed by atoms with Crippen LogP contribution in [0.1, 0.15) is 24.0 Å². The molecule has 1 N–H and O–H groups in total. The first-order valence-electron chi connectivity index (χ1n) is 5.64. The fraction of sp³-hybridized carbons (Fsp3) is 0.417. The van der Waals surface area contributed by atoms with Crippen LogP contribution in [0.15, 0.2) is 22.8 Å². The zero-order valence-electron chi connectivity index (χ0n) is 10.0. The standard InChI is InChI=1S/C12H16BrN3O/c1-3-16-11(12(13)9(2)14-16)7-15-6-4-5-10(15)8-17/h4-6,17H,3,7-8H2,1-2H3. The van der Waals surface area contributed by atoms with Gasteiger partial charge >= 0.3 is 0 Å². The number of nitrogens with zero attached hydrogens (tertiary/aromatic N) is 3. The summed E-state index contributed by atoms with van der Waals surface area (Å²) < 4.78 is 5.07. The fourth-order valence-corrected chi connectivity index (χ4v) is 2.34. The number of hydrogen-bond acceptors (Lipinski definition) is 2. The summed E-state index contributed by atoms with van der Waals surface area (Å²) >= 11 is 3.57. The van der Waals surface area contributed by atoms with Crippen LogP contribution >= 0.6 is 15.9 Å². The minimum atomic E-state index is 0.0594. The Hall–Kier alpha value is -1.07. The van der Waals surface area contributed by atoms with Gasteiger partial charge in [-0.1, -0.05) is 0 Å². The van der Waals surface area contributed by atoms with Gasteiger partial charge in [-0.3, -0.25) is 4.68 Å². The van der Waals surface area contributed by atoms with Crippen molar-refractivity contribution in [2.45, 2.75) is 33.5 Å². The summed E-state index contributed by atoms with van der Waals surface area (Å²) in [4.78, 5) is 0. The maximum absolute atomic E-state index is 9.23. The minimum Gasteiger partial charge on any atom is -0.390 e. The smallest absolute Gasteiger partial charge is 0.0832 e. The lowest BCUT2D eigenvalue weighted by Crippen LogP contribution is -2.09. The molecule has 2 aromatic rings. The topological polar surface area (TPSA) is 43.0 Å². The molecule has 0 amide bonds. The van der Waals surface area contributed by atoms with Crippen molar-refractivity contribution in [3.05, 3.63) is 39.9 Å². The number of aliphatic hydroxyl groups is 1. The molecule has 4 nitrogen and oxygen atoms in total. The summed E-state index contributed by atoms with van der Waals surface area (Å²) in [6.07, 6.45) is 1.97. The molecule has 0 aliphatic carbocycles. The summed E-state index contributed by atoms with van der Waals surface area (Å²) in [6, 6.07) is 3.87. The molecule has 5 heteroatoms. The zero-order valence-corrected chi connectivity index (χ0v) is 11.6. The Balaban J connectivity index is 2.35. The first-order valence-corrected chi connectivity index (χ1v) is 6.43. The van der Waals surface area contributed by atoms with Gasteiger partial charge in [0, 0.05) is 18.4 Å². The Kier molecular flexibility index (Phi) is 3.69. The summed E-state index contributed by atoms with van der Waals surface area (Å²) in [7, 11) is 0. The molecule has 0 aliphatic rings. The molecule has 2 rings (SSSR count). The van der Waals surface area contributed by atoms with E-state index in [2.05, 4.69) is 28.0 Å². The Morgan fingerprint density at radius 3 is 2.88 bits per heavy atom. The van der Waals surface area contributed by atoms with Gasteiger partial charge < -0.3 is 9.67 Å². The van der Waals surface area contributed by atoms with Crippen molar-refractivity contribution in [3.63, 3.8) is 0 Å². The summed E-state index contributed by atoms with van der Waals surface area (Å²) in [5.41, 5.74) is 3.05. The van der Waals surface area contributed by atoms with Crippen molar-refractivity contribution < 1.29 is 5.11 Å². The van der Waals surface area contributed by atoms with Crippen molar-refractivity contribution in [2.24, 2.45) is 0 Å². The molecule has 0 saturated heterocycles. The fourth-order valence-electron chi connectivity index (χ4n) is 1.93. The number of aromatic nitrogens is 3. The summed E-state index contributed by atoms with van der Waals surface area (Å²) in [6.45, 7) is 5.69. The minimum absolute atomic E-state index is 0.0594. The van der Waals surface area contributed by atoms with Gasteiger partial charge in [-0.15, -0.1) is 0 Å². The van der Waals surface area contributed by atoms with Crippen molar-refractivity contribution in [3.8, 4) is 0 Å². The highest BCUT2D eigenvalue weighted by Gasteiger charge is 2.13. The van der Waals surface area contributed by atoms with E-state index >= 15 is 0 Å². The molecule has 0 aliphatic heterocycles. The molecule has 17 heavy (non-hydrogen) atoms. The maximum atomic E-state index is 9.23. The van der Waals surface area contributed by atoms with Crippen LogP contribution in [0.25, 0.3) is 0 Å². The van der Waals surface area contributed by atoms with Crippen LogP contribution in [0.5, 0.6) is 0 Å². The number of aryl methyl sites for hydroxylation is 2. The van der Waals surface area contributed by atoms with E-state index in [-0.39, 0.29) is 6.61 Å². The van der Waals surface area contributed by atoms with Crippen LogP contribution in [0.3, 0.4) is 0 Å². The van der Waals surface area contributed by atoms with Gasteiger partial charge in [0.05, 0.1) is 29.0 Å². The second-order valence-corrected chi connectivity index (χ2v) is 4.74. The van der Waals surface area contributed by atoms with Crippen LogP contribution < -0.4 is 0 Å². The Morgan fingerprint density at radius 2 is 2.24 bits per heavy atom. The van der Waals surface area contributed by atoms with E-state index in [4.69, 9.17) is 0 Å². The van der Waals surface area contributed by atoms with Crippen molar-refractivity contribution >= 4 is 15.9 Å². The van der Waals surface area contributed by atoms with E-state index in [0.29, 0.717) is 0 Å². The van der Waals surface area contributed by atoms with Gasteiger partial charge in [-0.2, -0.15) is 5.10 Å². The van der Waals surface area contributed by atoms with E-state index in [9.17, 15) is 5.11 Å². The quantitative estimate of drug-likeness (QED) is 0.941. The van der Waals surface area contributed by atoms with Gasteiger partial charge in [0.15, 0.2) is 0 Å². The molecule has 92 valence electrons. The molecule has 0 aromatic carbocycles. The molecule has 2 heterocycles. The lowest BCUT2D eigenvalue weighted by Gasteiger charge is -2.09. The Morgan fingerprint density at radius 1 is 1.47 bits per heavy atom. The van der Waals surface area contributed by atoms with Crippen molar-refractivity contribution in [1.29, 1.82) is 0 Å². The monoisotopic (exact) mass is 297 g/mol. The van der Waals surface area contributed by atoms with Crippen molar-refractivity contribution in [1.82, 2.24) is 14.3 Å². The third-order valence-electron chi connectivity index (χ3n) is 2.86. The van der Waals surface area contributed by atoms with Crippen LogP contribution in [0.4, 0.5) is 0 Å². The molecule has 0 radical (unpaired) electrons. The van der Waals surface area contributed by atoms with E-state index in [1.54, 1.807) is 0 Å². The van der Waals surface area contributed by atoms with Crippen LogP contribution in [-0.2, 0) is 19.7 Å². The lowest BCUT2D eigenvalue weighted by molar-refractivity contribution is 0.271. The van der Waals surface area contributed by atoms with E-state index in [1.807, 2.05) is 34.5 Å². The molecular weight excluding hydrogens is 282 g/mol. The number of aliphatic hydroxyl groups excluding tert-OH is 1. The highest BCUT2D eigenvalue weighted by Crippen LogP contribution is 2.22. The molecule has 0 atom stereocenters. The van der Waals surface area contributed by atoms with E-state index in [0.717, 1.165) is 34.6 Å². The first-order chi connectivity index (χ1) is 8.17. The average Bonchev–Trinajstić information content (AvgIpc) is 2.88. The summed E-state index contributed by atoms with van der Waals surface area (Å²) in [5, 5.41) is 13.7. The van der Waals surface area contributed by atoms with E-state index in [1.165, 1.54) is 0 Å². The largest absolute Gasteiger partial charge is 0.390 e. The number of hydrogen-bond donors (Lipinski definition) is 1. The SMILES string of the molecule is CCn1nc(C)c(Br)c1Cn1cccc1CO. The molecule has 2 aromatic heterocycles. The molecule has 0 spiro atoms. The zero-order chi connectivity index (χ0) is 12.4. The molecule has 0 bridgehead atoms. The number of halogens is 1. The molecule has 0 saturated carbocycles. The third kappa shape index (κ3) is 2.30. The normalized spacial score (nSPS) is 11.1. The predicted molar refractivity (Wildman–Crippen MR) is 69.8 cm³/mol. The van der Waals surface area contributed by atoms with Crippen molar-refractivity contribution in [2.75, 3.05) is 0 Å². The highest BCUT2D eigenvalue weighted by molar-refractivity contribution is 9.10. The molecule has 0 unspecified atom stereocenters. The maximum Gasteiger partial charge on any atom is 0.0832 e. The number of rotatable bonds is 4. The molecule has 0 fully saturated rings. The average molecular weight is 298 g/mol. The predicted octanol–water partition coefficient (Wildman–Crippen LogP) is 2.32. The van der Waals surface area contributed by atoms with Gasteiger partial charge in [-0.05, 0) is 41.9 Å².